The van der Waals surface area contributed by atoms with Gasteiger partial charge in [-0.15, -0.1) is 0 Å². The predicted octanol–water partition coefficient (Wildman–Crippen LogP) is 0.603. The first kappa shape index (κ1) is 9.13. The average molecular weight is 196 g/mol. The summed E-state index contributed by atoms with van der Waals surface area (Å²) in [5.74, 6) is 0. The maximum absolute atomic E-state index is 6.40. The first-order valence-electron chi connectivity index (χ1n) is 5.82. The molecule has 3 fully saturated rings. The van der Waals surface area contributed by atoms with Crippen LogP contribution in [0.5, 0.6) is 0 Å². The summed E-state index contributed by atoms with van der Waals surface area (Å²) in [7, 11) is 2.24. The molecule has 0 aromatic rings. The summed E-state index contributed by atoms with van der Waals surface area (Å²) in [4.78, 5) is 2.47. The Labute approximate surface area is 85.8 Å². The lowest BCUT2D eigenvalue weighted by Gasteiger charge is -2.48. The smallest absolute Gasteiger partial charge is 0.0841 e. The Hall–Kier alpha value is -0.120. The first-order valence-corrected chi connectivity index (χ1v) is 5.82. The lowest BCUT2D eigenvalue weighted by molar-refractivity contribution is -0.175. The third-order valence-electron chi connectivity index (χ3n) is 3.87. The van der Waals surface area contributed by atoms with Crippen LogP contribution >= 0.6 is 0 Å². The van der Waals surface area contributed by atoms with E-state index < -0.39 is 0 Å². The Morgan fingerprint density at radius 1 is 1.00 bits per heavy atom. The van der Waals surface area contributed by atoms with Crippen LogP contribution in [0.15, 0.2) is 0 Å². The third kappa shape index (κ3) is 1.47. The lowest BCUT2D eigenvalue weighted by Crippen LogP contribution is -2.59. The van der Waals surface area contributed by atoms with Crippen molar-refractivity contribution in [1.82, 2.24) is 10.2 Å². The van der Waals surface area contributed by atoms with Crippen LogP contribution in [-0.2, 0) is 4.74 Å². The largest absolute Gasteiger partial charge is 0.366 e. The number of ether oxygens (including phenoxy) is 1. The van der Waals surface area contributed by atoms with Crippen molar-refractivity contribution < 1.29 is 4.74 Å². The number of hydrogen-bond acceptors (Lipinski definition) is 3. The van der Waals surface area contributed by atoms with Crippen molar-refractivity contribution in [2.75, 3.05) is 33.2 Å². The molecule has 3 heteroatoms. The minimum atomic E-state index is 0.189. The highest BCUT2D eigenvalue weighted by Crippen LogP contribution is 2.48. The van der Waals surface area contributed by atoms with Crippen LogP contribution in [0.25, 0.3) is 0 Å². The van der Waals surface area contributed by atoms with E-state index in [1.807, 2.05) is 0 Å². The number of piperidine rings is 1. The van der Waals surface area contributed by atoms with Crippen LogP contribution in [0.3, 0.4) is 0 Å². The Kier molecular flexibility index (Phi) is 1.92. The molecule has 1 aliphatic carbocycles. The molecule has 0 atom stereocenters. The molecule has 0 radical (unpaired) electrons. The van der Waals surface area contributed by atoms with Crippen molar-refractivity contribution in [3.8, 4) is 0 Å². The zero-order valence-electron chi connectivity index (χ0n) is 9.01. The van der Waals surface area contributed by atoms with Gasteiger partial charge < -0.3 is 15.0 Å². The van der Waals surface area contributed by atoms with Crippen molar-refractivity contribution in [2.24, 2.45) is 0 Å². The van der Waals surface area contributed by atoms with Crippen molar-refractivity contribution >= 4 is 0 Å². The van der Waals surface area contributed by atoms with Crippen molar-refractivity contribution in [3.63, 3.8) is 0 Å². The Bertz CT molecular complexity index is 231. The molecule has 3 rings (SSSR count). The second-order valence-corrected chi connectivity index (χ2v) is 5.39. The Morgan fingerprint density at radius 3 is 2.14 bits per heavy atom. The van der Waals surface area contributed by atoms with Crippen molar-refractivity contribution in [2.45, 2.75) is 36.9 Å². The maximum atomic E-state index is 6.40. The summed E-state index contributed by atoms with van der Waals surface area (Å²) < 4.78 is 6.40. The third-order valence-corrected chi connectivity index (χ3v) is 3.87. The fourth-order valence-corrected chi connectivity index (χ4v) is 3.11. The van der Waals surface area contributed by atoms with Crippen LogP contribution < -0.4 is 5.32 Å². The molecule has 1 saturated carbocycles. The minimum absolute atomic E-state index is 0.189. The van der Waals surface area contributed by atoms with E-state index in [9.17, 15) is 0 Å². The number of likely N-dealkylation sites (N-methyl/N-ethyl adjacent to an activating group) is 1. The summed E-state index contributed by atoms with van der Waals surface area (Å²) in [5.41, 5.74) is 0.457. The Morgan fingerprint density at radius 2 is 1.57 bits per heavy atom. The number of rotatable bonds is 0. The topological polar surface area (TPSA) is 24.5 Å². The molecule has 2 aliphatic heterocycles. The lowest BCUT2D eigenvalue weighted by atomic mass is 9.89. The van der Waals surface area contributed by atoms with Crippen LogP contribution in [-0.4, -0.2) is 49.3 Å². The monoisotopic (exact) mass is 196 g/mol. The van der Waals surface area contributed by atoms with Gasteiger partial charge in [0.15, 0.2) is 0 Å². The van der Waals surface area contributed by atoms with E-state index in [2.05, 4.69) is 17.3 Å². The molecule has 3 aliphatic rings. The normalized spacial score (nSPS) is 34.9. The van der Waals surface area contributed by atoms with Gasteiger partial charge in [0.1, 0.15) is 0 Å². The van der Waals surface area contributed by atoms with Gasteiger partial charge in [0, 0.05) is 13.1 Å². The molecule has 3 nitrogen and oxygen atoms in total. The van der Waals surface area contributed by atoms with Crippen molar-refractivity contribution in [3.05, 3.63) is 0 Å². The van der Waals surface area contributed by atoms with Crippen molar-refractivity contribution in [1.29, 1.82) is 0 Å². The maximum Gasteiger partial charge on any atom is 0.0841 e. The standard InChI is InChI=1S/C11H20N2O/c1-13-8-10(2-3-10)14-11(9-13)4-6-12-7-5-11/h12H,2-9H2,1H3. The van der Waals surface area contributed by atoms with E-state index in [4.69, 9.17) is 4.74 Å². The van der Waals surface area contributed by atoms with E-state index in [1.165, 1.54) is 25.7 Å². The molecular formula is C11H20N2O. The number of nitrogens with one attached hydrogen (secondary N) is 1. The highest BCUT2D eigenvalue weighted by atomic mass is 16.5. The number of morpholine rings is 1. The molecule has 0 amide bonds. The summed E-state index contributed by atoms with van der Waals surface area (Å²) >= 11 is 0. The van der Waals surface area contributed by atoms with E-state index in [0.717, 1.165) is 26.2 Å². The van der Waals surface area contributed by atoms with Gasteiger partial charge in [0.05, 0.1) is 11.2 Å². The molecule has 0 aromatic carbocycles. The molecule has 2 saturated heterocycles. The first-order chi connectivity index (χ1) is 6.72. The van der Waals surface area contributed by atoms with Crippen LogP contribution in [0.2, 0.25) is 0 Å². The minimum Gasteiger partial charge on any atom is -0.366 e. The molecule has 1 N–H and O–H groups in total. The molecular weight excluding hydrogens is 176 g/mol. The number of hydrogen-bond donors (Lipinski definition) is 1. The van der Waals surface area contributed by atoms with Gasteiger partial charge >= 0.3 is 0 Å². The summed E-state index contributed by atoms with van der Waals surface area (Å²) in [6.45, 7) is 4.55. The summed E-state index contributed by atoms with van der Waals surface area (Å²) in [6.07, 6.45) is 4.96. The van der Waals surface area contributed by atoms with Gasteiger partial charge in [-0.1, -0.05) is 0 Å². The summed E-state index contributed by atoms with van der Waals surface area (Å²) in [6, 6.07) is 0. The molecule has 0 unspecified atom stereocenters. The molecule has 2 heterocycles. The van der Waals surface area contributed by atoms with Gasteiger partial charge in [-0.2, -0.15) is 0 Å². The second-order valence-electron chi connectivity index (χ2n) is 5.39. The van der Waals surface area contributed by atoms with Gasteiger partial charge in [-0.25, -0.2) is 0 Å². The SMILES string of the molecule is CN1CC2(CCNCC2)OC2(CC2)C1. The van der Waals surface area contributed by atoms with Crippen LogP contribution in [0, 0.1) is 0 Å². The molecule has 0 bridgehead atoms. The van der Waals surface area contributed by atoms with Gasteiger partial charge in [0.25, 0.3) is 0 Å². The predicted molar refractivity (Wildman–Crippen MR) is 55.4 cm³/mol. The van der Waals surface area contributed by atoms with E-state index in [1.54, 1.807) is 0 Å². The van der Waals surface area contributed by atoms with Gasteiger partial charge in [-0.05, 0) is 45.8 Å². The highest BCUT2D eigenvalue weighted by molar-refractivity contribution is 5.06. The molecule has 0 aromatic heterocycles. The number of nitrogens with zero attached hydrogens (tertiary/aromatic N) is 1. The Balaban J connectivity index is 1.77. The zero-order chi connectivity index (χ0) is 9.65. The second kappa shape index (κ2) is 2.94. The van der Waals surface area contributed by atoms with Gasteiger partial charge in [0.2, 0.25) is 0 Å². The molecule has 2 spiro atoms. The van der Waals surface area contributed by atoms with E-state index >= 15 is 0 Å². The molecule has 14 heavy (non-hydrogen) atoms. The quantitative estimate of drug-likeness (QED) is 0.614. The highest BCUT2D eigenvalue weighted by Gasteiger charge is 2.54. The molecule has 80 valence electrons. The van der Waals surface area contributed by atoms with Crippen LogP contribution in [0.4, 0.5) is 0 Å². The fraction of sp³-hybridized carbons (Fsp3) is 1.00. The average Bonchev–Trinajstić information content (AvgIpc) is 2.83. The van der Waals surface area contributed by atoms with E-state index in [-0.39, 0.29) is 11.2 Å². The van der Waals surface area contributed by atoms with E-state index in [0.29, 0.717) is 0 Å². The fourth-order valence-electron chi connectivity index (χ4n) is 3.11. The summed E-state index contributed by atoms with van der Waals surface area (Å²) in [5, 5.41) is 3.42. The van der Waals surface area contributed by atoms with Gasteiger partial charge in [-0.3, -0.25) is 0 Å². The zero-order valence-corrected chi connectivity index (χ0v) is 9.01. The van der Waals surface area contributed by atoms with Crippen LogP contribution in [0.1, 0.15) is 25.7 Å².